The maximum absolute atomic E-state index is 11.8. The summed E-state index contributed by atoms with van der Waals surface area (Å²) in [5, 5.41) is 3.36. The lowest BCUT2D eigenvalue weighted by Gasteiger charge is -2.17. The van der Waals surface area contributed by atoms with E-state index in [1.54, 1.807) is 7.05 Å². The van der Waals surface area contributed by atoms with Crippen LogP contribution in [0.2, 0.25) is 0 Å². The lowest BCUT2D eigenvalue weighted by atomic mass is 10.4. The second kappa shape index (κ2) is 8.06. The van der Waals surface area contributed by atoms with Gasteiger partial charge in [0.15, 0.2) is 0 Å². The van der Waals surface area contributed by atoms with Crippen molar-refractivity contribution in [2.45, 2.75) is 32.2 Å². The Hall–Kier alpha value is -0.210. The van der Waals surface area contributed by atoms with Gasteiger partial charge < -0.3 is 10.1 Å². The second-order valence-electron chi connectivity index (χ2n) is 4.50. The predicted molar refractivity (Wildman–Crippen MR) is 71.7 cm³/mol. The predicted octanol–water partition coefficient (Wildman–Crippen LogP) is -0.0688. The number of nitrogens with zero attached hydrogens (tertiary/aromatic N) is 1. The summed E-state index contributed by atoms with van der Waals surface area (Å²) < 4.78 is 32.5. The molecule has 0 amide bonds. The summed E-state index contributed by atoms with van der Waals surface area (Å²) in [7, 11) is -1.75. The van der Waals surface area contributed by atoms with E-state index >= 15 is 0 Å². The largest absolute Gasteiger partial charge is 0.380 e. The van der Waals surface area contributed by atoms with E-state index in [0.29, 0.717) is 32.3 Å². The Morgan fingerprint density at radius 2 is 2.06 bits per heavy atom. The van der Waals surface area contributed by atoms with Gasteiger partial charge in [0.2, 0.25) is 0 Å². The number of hydrogen-bond acceptors (Lipinski definition) is 4. The van der Waals surface area contributed by atoms with Gasteiger partial charge in [-0.15, -0.1) is 0 Å². The van der Waals surface area contributed by atoms with Crippen LogP contribution in [0.25, 0.3) is 0 Å². The van der Waals surface area contributed by atoms with E-state index in [4.69, 9.17) is 4.74 Å². The van der Waals surface area contributed by atoms with E-state index < -0.39 is 10.2 Å². The number of ether oxygens (including phenoxy) is 1. The van der Waals surface area contributed by atoms with Crippen molar-refractivity contribution >= 4 is 10.2 Å². The number of hydrogen-bond donors (Lipinski definition) is 2. The third-order valence-corrected chi connectivity index (χ3v) is 4.38. The van der Waals surface area contributed by atoms with Crippen molar-refractivity contribution in [1.82, 2.24) is 14.3 Å². The minimum Gasteiger partial charge on any atom is -0.380 e. The highest BCUT2D eigenvalue weighted by molar-refractivity contribution is 7.87. The van der Waals surface area contributed by atoms with Crippen LogP contribution >= 0.6 is 0 Å². The van der Waals surface area contributed by atoms with Crippen molar-refractivity contribution in [2.75, 3.05) is 39.9 Å². The molecule has 0 spiro atoms. The first kappa shape index (κ1) is 15.8. The summed E-state index contributed by atoms with van der Waals surface area (Å²) >= 11 is 0. The normalized spacial score (nSPS) is 16.4. The molecule has 0 aliphatic heterocycles. The minimum atomic E-state index is -3.35. The van der Waals surface area contributed by atoms with Crippen LogP contribution in [0.15, 0.2) is 0 Å². The molecule has 0 bridgehead atoms. The number of rotatable bonds is 11. The van der Waals surface area contributed by atoms with Crippen LogP contribution in [0.4, 0.5) is 0 Å². The van der Waals surface area contributed by atoms with Crippen LogP contribution in [0, 0.1) is 0 Å². The van der Waals surface area contributed by atoms with E-state index in [1.807, 2.05) is 6.92 Å². The van der Waals surface area contributed by atoms with Crippen molar-refractivity contribution in [3.05, 3.63) is 0 Å². The van der Waals surface area contributed by atoms with Gasteiger partial charge in [0, 0.05) is 32.8 Å². The topological polar surface area (TPSA) is 70.7 Å². The van der Waals surface area contributed by atoms with E-state index in [-0.39, 0.29) is 0 Å². The fourth-order valence-electron chi connectivity index (χ4n) is 1.51. The summed E-state index contributed by atoms with van der Waals surface area (Å²) in [6, 6.07) is 0.677. The molecule has 1 saturated carbocycles. The molecule has 0 heterocycles. The van der Waals surface area contributed by atoms with Gasteiger partial charge in [-0.3, -0.25) is 0 Å². The Morgan fingerprint density at radius 1 is 1.33 bits per heavy atom. The second-order valence-corrected chi connectivity index (χ2v) is 6.36. The lowest BCUT2D eigenvalue weighted by molar-refractivity contribution is 0.152. The average molecular weight is 279 g/mol. The average Bonchev–Trinajstić information content (AvgIpc) is 3.14. The van der Waals surface area contributed by atoms with Gasteiger partial charge in [0.05, 0.1) is 6.61 Å². The van der Waals surface area contributed by atoms with Gasteiger partial charge in [-0.05, 0) is 32.7 Å². The van der Waals surface area contributed by atoms with E-state index in [1.165, 1.54) is 17.1 Å². The van der Waals surface area contributed by atoms with Crippen LogP contribution in [-0.4, -0.2) is 58.7 Å². The molecule has 108 valence electrons. The first-order chi connectivity index (χ1) is 8.56. The molecule has 7 heteroatoms. The highest BCUT2D eigenvalue weighted by Gasteiger charge is 2.20. The van der Waals surface area contributed by atoms with Gasteiger partial charge >= 0.3 is 0 Å². The zero-order chi connectivity index (χ0) is 13.4. The van der Waals surface area contributed by atoms with Crippen LogP contribution in [-0.2, 0) is 14.9 Å². The molecule has 0 aromatic heterocycles. The Labute approximate surface area is 110 Å². The highest BCUT2D eigenvalue weighted by atomic mass is 32.2. The van der Waals surface area contributed by atoms with Crippen molar-refractivity contribution < 1.29 is 13.2 Å². The summed E-state index contributed by atoms with van der Waals surface area (Å²) in [5.41, 5.74) is 0. The molecule has 18 heavy (non-hydrogen) atoms. The molecule has 1 aliphatic rings. The molecule has 0 radical (unpaired) electrons. The zero-order valence-corrected chi connectivity index (χ0v) is 12.1. The molecule has 2 N–H and O–H groups in total. The van der Waals surface area contributed by atoms with Crippen molar-refractivity contribution in [1.29, 1.82) is 0 Å². The molecule has 1 rings (SSSR count). The smallest absolute Gasteiger partial charge is 0.279 e. The first-order valence-corrected chi connectivity index (χ1v) is 8.02. The van der Waals surface area contributed by atoms with Gasteiger partial charge in [-0.25, -0.2) is 0 Å². The van der Waals surface area contributed by atoms with Gasteiger partial charge in [-0.2, -0.15) is 17.4 Å². The first-order valence-electron chi connectivity index (χ1n) is 6.58. The lowest BCUT2D eigenvalue weighted by Crippen LogP contribution is -2.40. The Kier molecular flexibility index (Phi) is 7.10. The quantitative estimate of drug-likeness (QED) is 0.520. The van der Waals surface area contributed by atoms with E-state index in [0.717, 1.165) is 13.0 Å². The Bertz CT molecular complexity index is 317. The van der Waals surface area contributed by atoms with Crippen LogP contribution in [0.1, 0.15) is 26.2 Å². The summed E-state index contributed by atoms with van der Waals surface area (Å²) in [6.45, 7) is 4.62. The van der Waals surface area contributed by atoms with Gasteiger partial charge in [0.25, 0.3) is 10.2 Å². The monoisotopic (exact) mass is 279 g/mol. The van der Waals surface area contributed by atoms with Crippen molar-refractivity contribution in [2.24, 2.45) is 0 Å². The Balaban J connectivity index is 2.10. The van der Waals surface area contributed by atoms with Crippen LogP contribution in [0.3, 0.4) is 0 Å². The summed E-state index contributed by atoms with van der Waals surface area (Å²) in [4.78, 5) is 0. The molecule has 0 saturated heterocycles. The molecule has 0 aromatic carbocycles. The maximum atomic E-state index is 11.8. The van der Waals surface area contributed by atoms with Gasteiger partial charge in [0.1, 0.15) is 0 Å². The molecule has 6 nitrogen and oxygen atoms in total. The third kappa shape index (κ3) is 6.65. The summed E-state index contributed by atoms with van der Waals surface area (Å²) in [6.07, 6.45) is 3.35. The molecule has 0 unspecified atom stereocenters. The fraction of sp³-hybridized carbons (Fsp3) is 1.00. The van der Waals surface area contributed by atoms with Crippen LogP contribution < -0.4 is 10.0 Å². The van der Waals surface area contributed by atoms with Crippen molar-refractivity contribution in [3.63, 3.8) is 0 Å². The Morgan fingerprint density at radius 3 is 2.67 bits per heavy atom. The molecule has 0 aromatic rings. The van der Waals surface area contributed by atoms with Crippen LogP contribution in [0.5, 0.6) is 0 Å². The maximum Gasteiger partial charge on any atom is 0.279 e. The van der Waals surface area contributed by atoms with E-state index in [9.17, 15) is 8.42 Å². The zero-order valence-electron chi connectivity index (χ0n) is 11.3. The van der Waals surface area contributed by atoms with E-state index in [2.05, 4.69) is 10.0 Å². The molecule has 0 atom stereocenters. The summed E-state index contributed by atoms with van der Waals surface area (Å²) in [5.74, 6) is 0. The molecule has 1 aliphatic carbocycles. The standard InChI is InChI=1S/C11H25N3O3S/c1-3-17-10-8-13-18(15,16)14(2)9-4-7-12-11-5-6-11/h11-13H,3-10H2,1-2H3. The SMILES string of the molecule is CCOCCNS(=O)(=O)N(C)CCCNC1CC1. The third-order valence-electron chi connectivity index (χ3n) is 2.81. The molecule has 1 fully saturated rings. The fourth-order valence-corrected chi connectivity index (χ4v) is 2.44. The minimum absolute atomic E-state index is 0.320. The number of nitrogens with one attached hydrogen (secondary N) is 2. The molecular weight excluding hydrogens is 254 g/mol. The molecular formula is C11H25N3O3S. The van der Waals surface area contributed by atoms with Gasteiger partial charge in [-0.1, -0.05) is 0 Å². The van der Waals surface area contributed by atoms with Crippen molar-refractivity contribution in [3.8, 4) is 0 Å². The highest BCUT2D eigenvalue weighted by Crippen LogP contribution is 2.18.